The van der Waals surface area contributed by atoms with Gasteiger partial charge in [0.05, 0.1) is 18.8 Å². The van der Waals surface area contributed by atoms with Crippen LogP contribution < -0.4 is 10.1 Å². The first-order valence-corrected chi connectivity index (χ1v) is 12.2. The molecule has 6 nitrogen and oxygen atoms in total. The molecule has 1 aliphatic rings. The van der Waals surface area contributed by atoms with E-state index in [1.54, 1.807) is 7.11 Å². The van der Waals surface area contributed by atoms with Crippen molar-refractivity contribution in [3.05, 3.63) is 95.7 Å². The fraction of sp³-hybridized carbons (Fsp3) is 0.276. The van der Waals surface area contributed by atoms with Crippen molar-refractivity contribution in [3.63, 3.8) is 0 Å². The number of hydrogen-bond donors (Lipinski definition) is 1. The van der Waals surface area contributed by atoms with Gasteiger partial charge < -0.3 is 19.4 Å². The van der Waals surface area contributed by atoms with Crippen molar-refractivity contribution in [1.29, 1.82) is 0 Å². The molecule has 6 heteroatoms. The second kappa shape index (κ2) is 10.3. The number of anilines is 1. The molecular formula is C29H31N3O3. The number of benzene rings is 3. The average molecular weight is 470 g/mol. The topological polar surface area (TPSA) is 58.0 Å². The summed E-state index contributed by atoms with van der Waals surface area (Å²) < 4.78 is 12.3. The molecule has 1 aliphatic heterocycles. The Hall–Kier alpha value is -3.61. The molecule has 180 valence electrons. The van der Waals surface area contributed by atoms with E-state index in [0.717, 1.165) is 60.8 Å². The second-order valence-electron chi connectivity index (χ2n) is 8.77. The van der Waals surface area contributed by atoms with Gasteiger partial charge in [-0.15, -0.1) is 0 Å². The molecular weight excluding hydrogens is 438 g/mol. The zero-order valence-electron chi connectivity index (χ0n) is 20.2. The number of carbonyl (C=O) groups is 1. The van der Waals surface area contributed by atoms with Crippen LogP contribution in [0, 0.1) is 0 Å². The van der Waals surface area contributed by atoms with Crippen LogP contribution >= 0.6 is 0 Å². The Morgan fingerprint density at radius 2 is 1.63 bits per heavy atom. The summed E-state index contributed by atoms with van der Waals surface area (Å²) in [5.41, 5.74) is 3.09. The molecule has 0 saturated carbocycles. The Labute approximate surface area is 206 Å². The van der Waals surface area contributed by atoms with Crippen molar-refractivity contribution in [2.75, 3.05) is 45.2 Å². The fourth-order valence-corrected chi connectivity index (χ4v) is 4.89. The molecule has 0 spiro atoms. The minimum absolute atomic E-state index is 0.159. The Morgan fingerprint density at radius 3 is 2.37 bits per heavy atom. The van der Waals surface area contributed by atoms with E-state index in [9.17, 15) is 4.79 Å². The monoisotopic (exact) mass is 469 g/mol. The molecule has 3 aromatic carbocycles. The third-order valence-electron chi connectivity index (χ3n) is 6.80. The Kier molecular flexibility index (Phi) is 6.84. The molecule has 35 heavy (non-hydrogen) atoms. The van der Waals surface area contributed by atoms with Gasteiger partial charge >= 0.3 is 0 Å². The lowest BCUT2D eigenvalue weighted by atomic mass is 9.98. The molecule has 4 aromatic rings. The van der Waals surface area contributed by atoms with Crippen molar-refractivity contribution in [1.82, 2.24) is 9.80 Å². The lowest BCUT2D eigenvalue weighted by Gasteiger charge is -2.39. The quantitative estimate of drug-likeness (QED) is 0.392. The van der Waals surface area contributed by atoms with Crippen LogP contribution in [0.25, 0.3) is 11.0 Å². The number of furan rings is 1. The van der Waals surface area contributed by atoms with E-state index in [2.05, 4.69) is 28.1 Å². The van der Waals surface area contributed by atoms with E-state index in [0.29, 0.717) is 11.3 Å². The minimum Gasteiger partial charge on any atom is -0.496 e. The van der Waals surface area contributed by atoms with E-state index in [4.69, 9.17) is 9.15 Å². The number of methoxy groups -OCH3 is 1. The van der Waals surface area contributed by atoms with E-state index in [1.165, 1.54) is 0 Å². The third kappa shape index (κ3) is 4.67. The first kappa shape index (κ1) is 23.1. The Bertz CT molecular complexity index is 1290. The van der Waals surface area contributed by atoms with Crippen LogP contribution in [0.5, 0.6) is 5.75 Å². The van der Waals surface area contributed by atoms with Gasteiger partial charge in [-0.1, -0.05) is 55.5 Å². The Morgan fingerprint density at radius 1 is 0.943 bits per heavy atom. The molecule has 1 N–H and O–H groups in total. The molecule has 1 saturated heterocycles. The maximum Gasteiger partial charge on any atom is 0.255 e. The maximum absolute atomic E-state index is 13.3. The van der Waals surface area contributed by atoms with Crippen LogP contribution in [0.1, 0.15) is 34.6 Å². The first-order chi connectivity index (χ1) is 17.2. The van der Waals surface area contributed by atoms with Gasteiger partial charge in [-0.2, -0.15) is 0 Å². The number of rotatable bonds is 7. The smallest absolute Gasteiger partial charge is 0.255 e. The van der Waals surface area contributed by atoms with E-state index in [1.807, 2.05) is 72.8 Å². The highest BCUT2D eigenvalue weighted by molar-refractivity contribution is 6.09. The molecule has 5 rings (SSSR count). The fourth-order valence-electron chi connectivity index (χ4n) is 4.89. The van der Waals surface area contributed by atoms with Gasteiger partial charge in [-0.3, -0.25) is 9.69 Å². The van der Waals surface area contributed by atoms with Crippen molar-refractivity contribution >= 4 is 22.6 Å². The van der Waals surface area contributed by atoms with Crippen LogP contribution in [0.15, 0.2) is 83.3 Å². The molecule has 1 atom stereocenters. The highest BCUT2D eigenvalue weighted by Crippen LogP contribution is 2.43. The number of amides is 1. The standard InChI is InChI=1S/C29H31N3O3/c1-3-31-17-19-32(20-18-31)27(23-14-8-9-15-24(23)34-2)28-26(22-13-7-10-16-25(22)35-28)30-29(33)21-11-5-4-6-12-21/h4-16,27H,3,17-20H2,1-2H3,(H,30,33)/t27-/m1/s1. The van der Waals surface area contributed by atoms with Gasteiger partial charge in [0.15, 0.2) is 5.76 Å². The predicted octanol–water partition coefficient (Wildman–Crippen LogP) is 5.42. The van der Waals surface area contributed by atoms with Crippen LogP contribution in [-0.2, 0) is 0 Å². The van der Waals surface area contributed by atoms with Gasteiger partial charge in [0.25, 0.3) is 5.91 Å². The summed E-state index contributed by atoms with van der Waals surface area (Å²) in [6, 6.07) is 25.0. The largest absolute Gasteiger partial charge is 0.496 e. The summed E-state index contributed by atoms with van der Waals surface area (Å²) in [5, 5.41) is 4.07. The van der Waals surface area contributed by atoms with E-state index in [-0.39, 0.29) is 11.9 Å². The molecule has 0 aliphatic carbocycles. The van der Waals surface area contributed by atoms with Gasteiger partial charge in [0, 0.05) is 42.7 Å². The molecule has 0 radical (unpaired) electrons. The zero-order valence-corrected chi connectivity index (χ0v) is 20.2. The van der Waals surface area contributed by atoms with Crippen molar-refractivity contribution < 1.29 is 13.9 Å². The lowest BCUT2D eigenvalue weighted by molar-refractivity contribution is 0.101. The molecule has 1 fully saturated rings. The average Bonchev–Trinajstić information content (AvgIpc) is 3.27. The summed E-state index contributed by atoms with van der Waals surface area (Å²) in [6.45, 7) is 6.97. The SMILES string of the molecule is CCN1CCN([C@H](c2ccccc2OC)c2oc3ccccc3c2NC(=O)c2ccccc2)CC1. The number of nitrogens with zero attached hydrogens (tertiary/aromatic N) is 2. The van der Waals surface area contributed by atoms with E-state index < -0.39 is 0 Å². The van der Waals surface area contributed by atoms with Gasteiger partial charge in [-0.05, 0) is 36.9 Å². The van der Waals surface area contributed by atoms with Crippen LogP contribution in [0.4, 0.5) is 5.69 Å². The van der Waals surface area contributed by atoms with Gasteiger partial charge in [-0.25, -0.2) is 0 Å². The van der Waals surface area contributed by atoms with Gasteiger partial charge in [0.2, 0.25) is 0 Å². The third-order valence-corrected chi connectivity index (χ3v) is 6.80. The highest BCUT2D eigenvalue weighted by Gasteiger charge is 2.34. The van der Waals surface area contributed by atoms with Crippen molar-refractivity contribution in [2.24, 2.45) is 0 Å². The van der Waals surface area contributed by atoms with Crippen LogP contribution in [0.2, 0.25) is 0 Å². The molecule has 0 bridgehead atoms. The first-order valence-electron chi connectivity index (χ1n) is 12.2. The van der Waals surface area contributed by atoms with Gasteiger partial charge in [0.1, 0.15) is 11.3 Å². The summed E-state index contributed by atoms with van der Waals surface area (Å²) in [4.78, 5) is 18.1. The number of likely N-dealkylation sites (N-methyl/N-ethyl adjacent to an activating group) is 1. The number of para-hydroxylation sites is 2. The molecule has 1 aromatic heterocycles. The number of carbonyl (C=O) groups excluding carboxylic acids is 1. The number of hydrogen-bond acceptors (Lipinski definition) is 5. The number of nitrogens with one attached hydrogen (secondary N) is 1. The highest BCUT2D eigenvalue weighted by atomic mass is 16.5. The van der Waals surface area contributed by atoms with Crippen LogP contribution in [0.3, 0.4) is 0 Å². The molecule has 2 heterocycles. The van der Waals surface area contributed by atoms with Crippen molar-refractivity contribution in [3.8, 4) is 5.75 Å². The predicted molar refractivity (Wildman–Crippen MR) is 139 cm³/mol. The maximum atomic E-state index is 13.3. The summed E-state index contributed by atoms with van der Waals surface area (Å²) in [5.74, 6) is 1.37. The molecule has 0 unspecified atom stereocenters. The van der Waals surface area contributed by atoms with Crippen molar-refractivity contribution in [2.45, 2.75) is 13.0 Å². The number of ether oxygens (including phenoxy) is 1. The Balaban J connectivity index is 1.63. The number of fused-ring (bicyclic) bond motifs is 1. The molecule has 1 amide bonds. The zero-order chi connectivity index (χ0) is 24.2. The lowest BCUT2D eigenvalue weighted by Crippen LogP contribution is -2.47. The second-order valence-corrected chi connectivity index (χ2v) is 8.77. The summed E-state index contributed by atoms with van der Waals surface area (Å²) in [6.07, 6.45) is 0. The number of piperazine rings is 1. The van der Waals surface area contributed by atoms with E-state index >= 15 is 0 Å². The normalized spacial score (nSPS) is 15.7. The summed E-state index contributed by atoms with van der Waals surface area (Å²) in [7, 11) is 1.70. The summed E-state index contributed by atoms with van der Waals surface area (Å²) >= 11 is 0. The minimum atomic E-state index is -0.205. The van der Waals surface area contributed by atoms with Crippen LogP contribution in [-0.4, -0.2) is 55.5 Å².